The van der Waals surface area contributed by atoms with Crippen LogP contribution in [0.3, 0.4) is 0 Å². The maximum absolute atomic E-state index is 9.92. The number of carbonyl (C=O) groups is 3. The van der Waals surface area contributed by atoms with Crippen molar-refractivity contribution < 1.29 is 19.1 Å². The van der Waals surface area contributed by atoms with E-state index in [1.54, 1.807) is 0 Å². The summed E-state index contributed by atoms with van der Waals surface area (Å²) < 4.78 is 3.97. The molecule has 0 spiro atoms. The van der Waals surface area contributed by atoms with Gasteiger partial charge in [0.1, 0.15) is 6.29 Å². The lowest BCUT2D eigenvalue weighted by atomic mass is 10.6. The number of esters is 2. The van der Waals surface area contributed by atoms with Crippen LogP contribution >= 0.6 is 0 Å². The van der Waals surface area contributed by atoms with Gasteiger partial charge in [-0.05, 0) is 6.08 Å². The van der Waals surface area contributed by atoms with Crippen LogP contribution in [-0.2, 0) is 19.1 Å². The van der Waals surface area contributed by atoms with Crippen LogP contribution in [0.25, 0.3) is 0 Å². The van der Waals surface area contributed by atoms with Crippen molar-refractivity contribution in [3.8, 4) is 0 Å². The Kier molecular flexibility index (Phi) is 4.31. The quantitative estimate of drug-likeness (QED) is 0.231. The molecule has 1 aliphatic heterocycles. The van der Waals surface area contributed by atoms with Crippen LogP contribution in [0.15, 0.2) is 24.8 Å². The molecule has 1 rings (SSSR count). The lowest BCUT2D eigenvalue weighted by molar-refractivity contribution is -0.150. The molecule has 4 heteroatoms. The van der Waals surface area contributed by atoms with Crippen molar-refractivity contribution in [3.05, 3.63) is 24.8 Å². The largest absolute Gasteiger partial charge is 0.387 e. The Balaban J connectivity index is 0.000000218. The molecule has 58 valence electrons. The molecule has 0 amide bonds. The second-order valence-corrected chi connectivity index (χ2v) is 1.45. The van der Waals surface area contributed by atoms with Gasteiger partial charge in [0, 0.05) is 12.2 Å². The standard InChI is InChI=1S/C4H2O3.C3H4O/c5-3-1-2-4(6)7-3;1-2-3-4/h1-2H;2-3H,1H2. The van der Waals surface area contributed by atoms with Gasteiger partial charge < -0.3 is 4.74 Å². The van der Waals surface area contributed by atoms with Crippen LogP contribution in [0, 0.1) is 0 Å². The van der Waals surface area contributed by atoms with Crippen LogP contribution in [0.1, 0.15) is 0 Å². The van der Waals surface area contributed by atoms with E-state index in [-0.39, 0.29) is 0 Å². The van der Waals surface area contributed by atoms with Crippen LogP contribution in [0.2, 0.25) is 0 Å². The van der Waals surface area contributed by atoms with Gasteiger partial charge in [0.05, 0.1) is 0 Å². The van der Waals surface area contributed by atoms with E-state index in [2.05, 4.69) is 11.3 Å². The Hall–Kier alpha value is -1.71. The van der Waals surface area contributed by atoms with Gasteiger partial charge in [-0.25, -0.2) is 9.59 Å². The number of carbonyl (C=O) groups excluding carboxylic acids is 3. The minimum Gasteiger partial charge on any atom is -0.387 e. The number of ether oxygens (including phenoxy) is 1. The fraction of sp³-hybridized carbons (Fsp3) is 0. The highest BCUT2D eigenvalue weighted by atomic mass is 16.6. The van der Waals surface area contributed by atoms with E-state index in [0.29, 0.717) is 6.29 Å². The average Bonchev–Trinajstić information content (AvgIpc) is 2.35. The smallest absolute Gasteiger partial charge is 0.338 e. The molecule has 0 N–H and O–H groups in total. The summed E-state index contributed by atoms with van der Waals surface area (Å²) in [6, 6.07) is 0. The molecule has 1 heterocycles. The van der Waals surface area contributed by atoms with Crippen molar-refractivity contribution in [1.82, 2.24) is 0 Å². The summed E-state index contributed by atoms with van der Waals surface area (Å²) in [4.78, 5) is 28.9. The van der Waals surface area contributed by atoms with Gasteiger partial charge in [0.2, 0.25) is 0 Å². The molecule has 0 unspecified atom stereocenters. The highest BCUT2D eigenvalue weighted by Crippen LogP contribution is 1.92. The van der Waals surface area contributed by atoms with Gasteiger partial charge in [0.15, 0.2) is 0 Å². The van der Waals surface area contributed by atoms with Gasteiger partial charge in [0.25, 0.3) is 0 Å². The molecular weight excluding hydrogens is 148 g/mol. The summed E-state index contributed by atoms with van der Waals surface area (Å²) in [7, 11) is 0. The third-order valence-electron chi connectivity index (χ3n) is 0.653. The molecule has 4 nitrogen and oxygen atoms in total. The maximum atomic E-state index is 9.92. The van der Waals surface area contributed by atoms with Crippen LogP contribution in [0.4, 0.5) is 0 Å². The molecule has 0 saturated heterocycles. The predicted octanol–water partition coefficient (Wildman–Crippen LogP) is -0.00270. The second kappa shape index (κ2) is 5.10. The number of hydrogen-bond acceptors (Lipinski definition) is 4. The first-order valence-electron chi connectivity index (χ1n) is 2.70. The summed E-state index contributed by atoms with van der Waals surface area (Å²) in [5.74, 6) is -1.16. The van der Waals surface area contributed by atoms with E-state index in [1.165, 1.54) is 6.08 Å². The molecule has 0 atom stereocenters. The van der Waals surface area contributed by atoms with E-state index < -0.39 is 11.9 Å². The van der Waals surface area contributed by atoms with Gasteiger partial charge in [-0.2, -0.15) is 0 Å². The van der Waals surface area contributed by atoms with E-state index in [1.807, 2.05) is 0 Å². The van der Waals surface area contributed by atoms with Crippen molar-refractivity contribution in [2.24, 2.45) is 0 Å². The Morgan fingerprint density at radius 1 is 1.27 bits per heavy atom. The zero-order valence-corrected chi connectivity index (χ0v) is 5.65. The number of hydrogen-bond donors (Lipinski definition) is 0. The topological polar surface area (TPSA) is 60.4 Å². The van der Waals surface area contributed by atoms with E-state index in [0.717, 1.165) is 12.2 Å². The zero-order chi connectivity index (χ0) is 8.69. The summed E-state index contributed by atoms with van der Waals surface area (Å²) in [5.41, 5.74) is 0. The molecular formula is C7H6O4. The van der Waals surface area contributed by atoms with Crippen LogP contribution < -0.4 is 0 Å². The van der Waals surface area contributed by atoms with Gasteiger partial charge in [-0.15, -0.1) is 0 Å². The van der Waals surface area contributed by atoms with Crippen LogP contribution in [0.5, 0.6) is 0 Å². The maximum Gasteiger partial charge on any atom is 0.338 e. The van der Waals surface area contributed by atoms with Crippen molar-refractivity contribution in [3.63, 3.8) is 0 Å². The summed E-state index contributed by atoms with van der Waals surface area (Å²) in [5, 5.41) is 0. The van der Waals surface area contributed by atoms with Crippen molar-refractivity contribution >= 4 is 18.2 Å². The van der Waals surface area contributed by atoms with Gasteiger partial charge >= 0.3 is 11.9 Å². The molecule has 0 aromatic rings. The Morgan fingerprint density at radius 2 is 1.64 bits per heavy atom. The summed E-state index contributed by atoms with van der Waals surface area (Å²) in [6.45, 7) is 3.11. The fourth-order valence-corrected chi connectivity index (χ4v) is 0.303. The summed E-state index contributed by atoms with van der Waals surface area (Å²) in [6.07, 6.45) is 4.00. The fourth-order valence-electron chi connectivity index (χ4n) is 0.303. The van der Waals surface area contributed by atoms with E-state index >= 15 is 0 Å². The molecule has 0 saturated carbocycles. The molecule has 0 bridgehead atoms. The average molecular weight is 154 g/mol. The molecule has 11 heavy (non-hydrogen) atoms. The molecule has 0 aromatic heterocycles. The molecule has 1 aliphatic rings. The first-order chi connectivity index (χ1) is 5.20. The van der Waals surface area contributed by atoms with Crippen LogP contribution in [-0.4, -0.2) is 18.2 Å². The summed E-state index contributed by atoms with van der Waals surface area (Å²) >= 11 is 0. The first kappa shape index (κ1) is 9.29. The highest BCUT2D eigenvalue weighted by molar-refractivity contribution is 6.04. The Bertz CT molecular complexity index is 192. The number of allylic oxidation sites excluding steroid dienone is 1. The molecule has 0 aliphatic carbocycles. The van der Waals surface area contributed by atoms with Gasteiger partial charge in [-0.1, -0.05) is 6.58 Å². The zero-order valence-electron chi connectivity index (χ0n) is 5.65. The number of cyclic esters (lactones) is 2. The lowest BCUT2D eigenvalue weighted by Crippen LogP contribution is -1.96. The Labute approximate surface area is 63.1 Å². The molecule has 0 fully saturated rings. The highest BCUT2D eigenvalue weighted by Gasteiger charge is 2.10. The minimum atomic E-state index is -0.579. The first-order valence-corrected chi connectivity index (χ1v) is 2.70. The van der Waals surface area contributed by atoms with E-state index in [4.69, 9.17) is 4.79 Å². The monoisotopic (exact) mass is 154 g/mol. The lowest BCUT2D eigenvalue weighted by Gasteiger charge is -1.80. The number of aldehydes is 1. The van der Waals surface area contributed by atoms with Crippen molar-refractivity contribution in [1.29, 1.82) is 0 Å². The minimum absolute atomic E-state index is 0.579. The Morgan fingerprint density at radius 3 is 1.73 bits per heavy atom. The third kappa shape index (κ3) is 4.77. The SMILES string of the molecule is C=CC=O.O=C1C=CC(=O)O1. The predicted molar refractivity (Wildman–Crippen MR) is 36.5 cm³/mol. The van der Waals surface area contributed by atoms with E-state index in [9.17, 15) is 9.59 Å². The molecule has 0 radical (unpaired) electrons. The van der Waals surface area contributed by atoms with Crippen molar-refractivity contribution in [2.45, 2.75) is 0 Å². The van der Waals surface area contributed by atoms with Gasteiger partial charge in [-0.3, -0.25) is 4.79 Å². The normalized spacial score (nSPS) is 13.1. The van der Waals surface area contributed by atoms with Crippen molar-refractivity contribution in [2.75, 3.05) is 0 Å². The molecule has 0 aromatic carbocycles. The third-order valence-corrected chi connectivity index (χ3v) is 0.653. The second-order valence-electron chi connectivity index (χ2n) is 1.45. The number of rotatable bonds is 1.